The maximum Gasteiger partial charge on any atom is 0.472 e. The molecule has 0 amide bonds. The van der Waals surface area contributed by atoms with Gasteiger partial charge in [0.1, 0.15) is 6.61 Å². The number of phosphoric ester groups is 1. The standard InChI is InChI=1S/C53H84NO8P/c1-3-5-7-9-11-13-15-17-19-21-23-25-27-29-31-33-35-37-39-41-43-45-52(55)59-49-51(50-61-63(57,58)60-48-47-54)62-53(56)46-44-42-40-38-36-34-32-30-28-26-24-22-20-18-16-14-12-10-8-6-4-2/h5-8,11-14,17-20,23-26,29-32,36,38,51H,3-4,9-10,15-16,21-22,27-28,33-35,37,39-50,54H2,1-2H3,(H,57,58)/b7-5-,8-6-,13-11-,14-12-,19-17-,20-18-,25-23-,26-24-,31-29-,32-30-,38-36-. The van der Waals surface area contributed by atoms with Gasteiger partial charge in [0.2, 0.25) is 0 Å². The fourth-order valence-electron chi connectivity index (χ4n) is 5.60. The van der Waals surface area contributed by atoms with Gasteiger partial charge in [0.25, 0.3) is 0 Å². The average Bonchev–Trinajstić information content (AvgIpc) is 3.27. The Hall–Kier alpha value is -3.85. The van der Waals surface area contributed by atoms with Gasteiger partial charge in [-0.2, -0.15) is 0 Å². The van der Waals surface area contributed by atoms with Crippen molar-refractivity contribution >= 4 is 19.8 Å². The highest BCUT2D eigenvalue weighted by atomic mass is 31.2. The number of rotatable bonds is 42. The van der Waals surface area contributed by atoms with Gasteiger partial charge in [-0.1, -0.05) is 167 Å². The lowest BCUT2D eigenvalue weighted by Crippen LogP contribution is -2.29. The average molecular weight is 894 g/mol. The highest BCUT2D eigenvalue weighted by Gasteiger charge is 2.26. The van der Waals surface area contributed by atoms with Crippen LogP contribution in [0.25, 0.3) is 0 Å². The number of esters is 2. The van der Waals surface area contributed by atoms with E-state index in [1.54, 1.807) is 0 Å². The second kappa shape index (κ2) is 47.6. The first-order valence-corrected chi connectivity index (χ1v) is 25.2. The summed E-state index contributed by atoms with van der Waals surface area (Å²) in [5.41, 5.74) is 5.35. The van der Waals surface area contributed by atoms with E-state index in [1.807, 2.05) is 0 Å². The molecule has 9 nitrogen and oxygen atoms in total. The van der Waals surface area contributed by atoms with Crippen molar-refractivity contribution in [1.29, 1.82) is 0 Å². The molecule has 0 spiro atoms. The lowest BCUT2D eigenvalue weighted by Gasteiger charge is -2.19. The zero-order chi connectivity index (χ0) is 46.0. The molecule has 63 heavy (non-hydrogen) atoms. The van der Waals surface area contributed by atoms with Crippen LogP contribution < -0.4 is 5.73 Å². The summed E-state index contributed by atoms with van der Waals surface area (Å²) < 4.78 is 32.8. The summed E-state index contributed by atoms with van der Waals surface area (Å²) in [6.07, 6.45) is 66.3. The number of nitrogens with two attached hydrogens (primary N) is 1. The summed E-state index contributed by atoms with van der Waals surface area (Å²) in [6, 6.07) is 0. The van der Waals surface area contributed by atoms with Gasteiger partial charge in [-0.05, 0) is 109 Å². The molecule has 0 saturated heterocycles. The topological polar surface area (TPSA) is 134 Å². The molecule has 0 rings (SSSR count). The quantitative estimate of drug-likeness (QED) is 0.0266. The Bertz CT molecular complexity index is 1480. The third-order valence-electron chi connectivity index (χ3n) is 9.03. The lowest BCUT2D eigenvalue weighted by molar-refractivity contribution is -0.161. The van der Waals surface area contributed by atoms with Gasteiger partial charge in [0.05, 0.1) is 13.2 Å². The van der Waals surface area contributed by atoms with Gasteiger partial charge in [-0.15, -0.1) is 0 Å². The minimum absolute atomic E-state index is 0.0345. The second-order valence-electron chi connectivity index (χ2n) is 14.9. The van der Waals surface area contributed by atoms with Crippen molar-refractivity contribution < 1.29 is 37.6 Å². The van der Waals surface area contributed by atoms with E-state index in [9.17, 15) is 19.0 Å². The molecule has 0 aromatic rings. The lowest BCUT2D eigenvalue weighted by atomic mass is 10.1. The summed E-state index contributed by atoms with van der Waals surface area (Å²) in [4.78, 5) is 35.0. The summed E-state index contributed by atoms with van der Waals surface area (Å²) in [5, 5.41) is 0. The van der Waals surface area contributed by atoms with Crippen molar-refractivity contribution in [3.05, 3.63) is 134 Å². The Morgan fingerprint density at radius 2 is 0.825 bits per heavy atom. The monoisotopic (exact) mass is 894 g/mol. The normalized spacial score (nSPS) is 14.4. The maximum atomic E-state index is 12.6. The van der Waals surface area contributed by atoms with Crippen LogP contribution in [0, 0.1) is 0 Å². The van der Waals surface area contributed by atoms with Gasteiger partial charge in [0, 0.05) is 19.4 Å². The zero-order valence-electron chi connectivity index (χ0n) is 39.0. The van der Waals surface area contributed by atoms with Gasteiger partial charge < -0.3 is 20.1 Å². The highest BCUT2D eigenvalue weighted by Crippen LogP contribution is 2.43. The predicted octanol–water partition coefficient (Wildman–Crippen LogP) is 14.3. The van der Waals surface area contributed by atoms with Gasteiger partial charge in [0.15, 0.2) is 6.10 Å². The van der Waals surface area contributed by atoms with Crippen molar-refractivity contribution in [2.24, 2.45) is 5.73 Å². The van der Waals surface area contributed by atoms with E-state index in [1.165, 1.54) is 0 Å². The van der Waals surface area contributed by atoms with Crippen LogP contribution in [-0.2, 0) is 32.7 Å². The predicted molar refractivity (Wildman–Crippen MR) is 265 cm³/mol. The zero-order valence-corrected chi connectivity index (χ0v) is 39.9. The minimum Gasteiger partial charge on any atom is -0.462 e. The van der Waals surface area contributed by atoms with Gasteiger partial charge >= 0.3 is 19.8 Å². The largest absolute Gasteiger partial charge is 0.472 e. The van der Waals surface area contributed by atoms with Crippen LogP contribution in [0.4, 0.5) is 0 Å². The molecule has 0 fully saturated rings. The molecule has 354 valence electrons. The van der Waals surface area contributed by atoms with E-state index in [4.69, 9.17) is 24.3 Å². The van der Waals surface area contributed by atoms with Crippen LogP contribution in [0.5, 0.6) is 0 Å². The van der Waals surface area contributed by atoms with E-state index in [2.05, 4.69) is 148 Å². The molecular weight excluding hydrogens is 810 g/mol. The number of hydrogen-bond donors (Lipinski definition) is 2. The van der Waals surface area contributed by atoms with E-state index in [0.717, 1.165) is 116 Å². The van der Waals surface area contributed by atoms with Crippen LogP contribution in [-0.4, -0.2) is 49.3 Å². The van der Waals surface area contributed by atoms with Crippen LogP contribution >= 0.6 is 7.82 Å². The molecule has 0 aliphatic rings. The fraction of sp³-hybridized carbons (Fsp3) is 0.547. The van der Waals surface area contributed by atoms with Crippen molar-refractivity contribution in [2.75, 3.05) is 26.4 Å². The summed E-state index contributed by atoms with van der Waals surface area (Å²) >= 11 is 0. The molecule has 0 radical (unpaired) electrons. The molecule has 0 aliphatic carbocycles. The van der Waals surface area contributed by atoms with Crippen LogP contribution in [0.3, 0.4) is 0 Å². The van der Waals surface area contributed by atoms with E-state index in [0.29, 0.717) is 12.8 Å². The van der Waals surface area contributed by atoms with Crippen molar-refractivity contribution in [2.45, 2.75) is 161 Å². The first-order valence-electron chi connectivity index (χ1n) is 23.7. The number of phosphoric acid groups is 1. The van der Waals surface area contributed by atoms with Crippen LogP contribution in [0.2, 0.25) is 0 Å². The number of allylic oxidation sites excluding steroid dienone is 22. The number of unbranched alkanes of at least 4 members (excludes halogenated alkanes) is 7. The molecular formula is C53H84NO8P. The molecule has 0 aromatic heterocycles. The Labute approximate surface area is 383 Å². The van der Waals surface area contributed by atoms with Gasteiger partial charge in [-0.25, -0.2) is 4.57 Å². The van der Waals surface area contributed by atoms with E-state index < -0.39 is 32.5 Å². The fourth-order valence-corrected chi connectivity index (χ4v) is 6.37. The number of hydrogen-bond acceptors (Lipinski definition) is 8. The van der Waals surface area contributed by atoms with Crippen molar-refractivity contribution in [3.63, 3.8) is 0 Å². The number of carbonyl (C=O) groups is 2. The SMILES string of the molecule is CC/C=C\C/C=C\C/C=C\C/C=C\C/C=C\C/C=C\CCCCC(=O)OC(COC(=O)CCCCCCC/C=C\C/C=C\C/C=C\C/C=C\C/C=C\CC)COP(=O)(O)OCCN. The van der Waals surface area contributed by atoms with Crippen LogP contribution in [0.15, 0.2) is 134 Å². The minimum atomic E-state index is -4.41. The third kappa shape index (κ3) is 47.5. The van der Waals surface area contributed by atoms with Gasteiger partial charge in [-0.3, -0.25) is 18.6 Å². The molecule has 2 unspecified atom stereocenters. The molecule has 0 aromatic carbocycles. The molecule has 2 atom stereocenters. The molecule has 0 bridgehead atoms. The van der Waals surface area contributed by atoms with Crippen molar-refractivity contribution in [3.8, 4) is 0 Å². The second-order valence-corrected chi connectivity index (χ2v) is 16.3. The summed E-state index contributed by atoms with van der Waals surface area (Å²) in [7, 11) is -4.41. The molecule has 0 heterocycles. The van der Waals surface area contributed by atoms with E-state index in [-0.39, 0.29) is 32.6 Å². The van der Waals surface area contributed by atoms with Crippen molar-refractivity contribution in [1.82, 2.24) is 0 Å². The molecule has 10 heteroatoms. The first kappa shape index (κ1) is 59.1. The highest BCUT2D eigenvalue weighted by molar-refractivity contribution is 7.47. The Balaban J connectivity index is 4.27. The molecule has 3 N–H and O–H groups in total. The Kier molecular flexibility index (Phi) is 44.7. The Morgan fingerprint density at radius 1 is 0.476 bits per heavy atom. The smallest absolute Gasteiger partial charge is 0.462 e. The summed E-state index contributed by atoms with van der Waals surface area (Å²) in [5.74, 6) is -0.916. The number of carbonyl (C=O) groups excluding carboxylic acids is 2. The molecule has 0 aliphatic heterocycles. The third-order valence-corrected chi connectivity index (χ3v) is 10.0. The summed E-state index contributed by atoms with van der Waals surface area (Å²) in [6.45, 7) is 3.40. The molecule has 0 saturated carbocycles. The number of ether oxygens (including phenoxy) is 2. The Morgan fingerprint density at radius 3 is 1.25 bits per heavy atom. The van der Waals surface area contributed by atoms with Crippen LogP contribution in [0.1, 0.15) is 155 Å². The maximum absolute atomic E-state index is 12.6. The van der Waals surface area contributed by atoms with E-state index >= 15 is 0 Å². The first-order chi connectivity index (χ1) is 30.8.